The lowest BCUT2D eigenvalue weighted by Gasteiger charge is -2.41. The van der Waals surface area contributed by atoms with Crippen molar-refractivity contribution in [1.82, 2.24) is 0 Å². The molecule has 0 amide bonds. The van der Waals surface area contributed by atoms with Gasteiger partial charge in [-0.05, 0) is 108 Å². The van der Waals surface area contributed by atoms with Crippen LogP contribution in [0.5, 0.6) is 0 Å². The summed E-state index contributed by atoms with van der Waals surface area (Å²) in [5.74, 6) is 1.19. The Labute approximate surface area is 292 Å². The molecule has 0 spiro atoms. The lowest BCUT2D eigenvalue weighted by atomic mass is 9.62. The maximum atomic E-state index is 5.00. The van der Waals surface area contributed by atoms with Crippen LogP contribution in [0.1, 0.15) is 175 Å². The second-order valence-electron chi connectivity index (χ2n) is 20.5. The Morgan fingerprint density at radius 2 is 0.702 bits per heavy atom. The van der Waals surface area contributed by atoms with Crippen molar-refractivity contribution in [3.63, 3.8) is 0 Å². The Morgan fingerprint density at radius 1 is 0.404 bits per heavy atom. The zero-order valence-corrected chi connectivity index (χ0v) is 33.7. The van der Waals surface area contributed by atoms with Crippen LogP contribution in [0.15, 0.2) is 54.6 Å². The van der Waals surface area contributed by atoms with Crippen molar-refractivity contribution in [3.8, 4) is 0 Å². The normalized spacial score (nSPS) is 14.2. The van der Waals surface area contributed by atoms with E-state index in [0.29, 0.717) is 0 Å². The summed E-state index contributed by atoms with van der Waals surface area (Å²) in [4.78, 5) is 0. The number of rotatable bonds is 5. The van der Waals surface area contributed by atoms with Gasteiger partial charge in [0.1, 0.15) is 0 Å². The van der Waals surface area contributed by atoms with Crippen molar-refractivity contribution in [2.45, 2.75) is 157 Å². The van der Waals surface area contributed by atoms with Gasteiger partial charge in [-0.15, -0.1) is 0 Å². The predicted octanol–water partition coefficient (Wildman–Crippen LogP) is 13.3. The first kappa shape index (κ1) is 39.1. The van der Waals surface area contributed by atoms with Gasteiger partial charge >= 0.3 is 0 Å². The van der Waals surface area contributed by atoms with Gasteiger partial charge < -0.3 is 0 Å². The van der Waals surface area contributed by atoms with Gasteiger partial charge in [-0.25, -0.2) is 0 Å². The fourth-order valence-electron chi connectivity index (χ4n) is 6.55. The highest BCUT2D eigenvalue weighted by atomic mass is 14.4. The molecule has 0 bridgehead atoms. The van der Waals surface area contributed by atoms with E-state index >= 15 is 0 Å². The van der Waals surface area contributed by atoms with Crippen LogP contribution in [0.3, 0.4) is 0 Å². The smallest absolute Gasteiger partial charge is 0.0413 e. The van der Waals surface area contributed by atoms with Crippen LogP contribution in [0, 0.1) is 31.6 Å². The Kier molecular flexibility index (Phi) is 10.4. The van der Waals surface area contributed by atoms with Crippen molar-refractivity contribution in [2.75, 3.05) is 0 Å². The molecule has 0 aliphatic heterocycles. The van der Waals surface area contributed by atoms with Crippen LogP contribution in [0.2, 0.25) is 0 Å². The molecule has 0 nitrogen and oxygen atoms in total. The van der Waals surface area contributed by atoms with E-state index in [1.54, 1.807) is 0 Å². The summed E-state index contributed by atoms with van der Waals surface area (Å²) in [5.41, 5.74) is 10.9. The molecular formula is C47H68. The van der Waals surface area contributed by atoms with Crippen LogP contribution in [-0.4, -0.2) is 0 Å². The fraction of sp³-hybridized carbons (Fsp3) is 0.532. The molecular weight excluding hydrogens is 565 g/mol. The van der Waals surface area contributed by atoms with Gasteiger partial charge in [-0.2, -0.15) is 0 Å². The Morgan fingerprint density at radius 3 is 1.00 bits per heavy atom. The largest absolute Gasteiger partial charge is 0.0582 e. The van der Waals surface area contributed by atoms with Gasteiger partial charge in [0, 0.05) is 5.92 Å². The Balaban J connectivity index is 2.47. The number of benzene rings is 3. The van der Waals surface area contributed by atoms with E-state index < -0.39 is 5.41 Å². The number of hydrogen-bond donors (Lipinski definition) is 0. The standard InChI is InChI=1S/C47H68/c1-41(2,3)32-22-21-31(37(27-32)44(10,11)12)30-47(19,20)40(35-25-23-33(42(4,5)6)28-38(35)45(13,14)15)36-26-24-34(43(7,8)9)29-39(36)46(16,17)18/h21-30H,19-20H2,1-18H3. The molecule has 3 aromatic rings. The molecule has 0 heteroatoms. The highest BCUT2D eigenvalue weighted by Crippen LogP contribution is 2.50. The van der Waals surface area contributed by atoms with Crippen LogP contribution >= 0.6 is 0 Å². The zero-order valence-electron chi connectivity index (χ0n) is 33.7. The average molecular weight is 633 g/mol. The molecule has 0 aromatic heterocycles. The molecule has 3 rings (SSSR count). The summed E-state index contributed by atoms with van der Waals surface area (Å²) >= 11 is 0. The van der Waals surface area contributed by atoms with Crippen molar-refractivity contribution in [2.24, 2.45) is 5.41 Å². The van der Waals surface area contributed by atoms with Crippen molar-refractivity contribution in [3.05, 3.63) is 131 Å². The van der Waals surface area contributed by atoms with E-state index in [1.807, 2.05) is 0 Å². The van der Waals surface area contributed by atoms with Crippen LogP contribution in [0.4, 0.5) is 0 Å². The highest BCUT2D eigenvalue weighted by molar-refractivity contribution is 5.62. The molecule has 0 unspecified atom stereocenters. The molecule has 0 saturated heterocycles. The molecule has 0 aliphatic carbocycles. The third-order valence-electron chi connectivity index (χ3n) is 9.58. The first-order chi connectivity index (χ1) is 20.8. The summed E-state index contributed by atoms with van der Waals surface area (Å²) in [6, 6.07) is 21.3. The summed E-state index contributed by atoms with van der Waals surface area (Å²) < 4.78 is 0. The van der Waals surface area contributed by atoms with E-state index in [-0.39, 0.29) is 32.5 Å². The minimum atomic E-state index is -0.782. The van der Waals surface area contributed by atoms with Crippen LogP contribution in [-0.2, 0) is 32.5 Å². The second kappa shape index (κ2) is 12.5. The molecule has 0 N–H and O–H groups in total. The van der Waals surface area contributed by atoms with Gasteiger partial charge in [0.15, 0.2) is 0 Å². The molecule has 0 heterocycles. The summed E-state index contributed by atoms with van der Waals surface area (Å²) in [6.45, 7) is 51.7. The van der Waals surface area contributed by atoms with Gasteiger partial charge in [0.2, 0.25) is 0 Å². The minimum absolute atomic E-state index is 0.0399. The lowest BCUT2D eigenvalue weighted by Crippen LogP contribution is -2.32. The molecule has 3 aromatic carbocycles. The third-order valence-corrected chi connectivity index (χ3v) is 9.58. The molecule has 0 saturated carbocycles. The van der Waals surface area contributed by atoms with Gasteiger partial charge in [-0.3, -0.25) is 0 Å². The lowest BCUT2D eigenvalue weighted by molar-refractivity contribution is 0.540. The van der Waals surface area contributed by atoms with E-state index in [1.165, 1.54) is 56.0 Å². The predicted molar refractivity (Wildman–Crippen MR) is 210 cm³/mol. The summed E-state index contributed by atoms with van der Waals surface area (Å²) in [5, 5.41) is 0. The Bertz CT molecular complexity index is 1470. The third kappa shape index (κ3) is 9.02. The topological polar surface area (TPSA) is 0 Å². The molecule has 0 atom stereocenters. The van der Waals surface area contributed by atoms with Crippen LogP contribution in [0.25, 0.3) is 0 Å². The van der Waals surface area contributed by atoms with E-state index in [4.69, 9.17) is 13.8 Å². The van der Waals surface area contributed by atoms with Gasteiger partial charge in [0.25, 0.3) is 0 Å². The van der Waals surface area contributed by atoms with Crippen molar-refractivity contribution in [1.29, 1.82) is 0 Å². The molecule has 0 fully saturated rings. The Hall–Kier alpha value is -2.34. The second-order valence-corrected chi connectivity index (χ2v) is 20.5. The van der Waals surface area contributed by atoms with Gasteiger partial charge in [-0.1, -0.05) is 179 Å². The minimum Gasteiger partial charge on any atom is -0.0582 e. The molecule has 0 aliphatic rings. The molecule has 47 heavy (non-hydrogen) atoms. The molecule has 4 radical (unpaired) electrons. The summed E-state index contributed by atoms with van der Waals surface area (Å²) in [7, 11) is 0. The van der Waals surface area contributed by atoms with E-state index in [9.17, 15) is 0 Å². The maximum absolute atomic E-state index is 5.00. The first-order valence-electron chi connectivity index (χ1n) is 17.7. The van der Waals surface area contributed by atoms with E-state index in [2.05, 4.69) is 186 Å². The fourth-order valence-corrected chi connectivity index (χ4v) is 6.55. The van der Waals surface area contributed by atoms with Crippen molar-refractivity contribution >= 4 is 0 Å². The monoisotopic (exact) mass is 633 g/mol. The van der Waals surface area contributed by atoms with Gasteiger partial charge in [0.05, 0.1) is 0 Å². The average Bonchev–Trinajstić information content (AvgIpc) is 2.85. The molecule has 256 valence electrons. The SMILES string of the molecule is [CH2]C([CH2])([CH]c1ccc(C(C)(C)C)cc1C(C)(C)C)[C](c1ccc(C(C)(C)C)cc1C(C)(C)C)c1ccc(C(C)(C)C)cc1C(C)(C)C. The summed E-state index contributed by atoms with van der Waals surface area (Å²) in [6.07, 6.45) is 2.35. The van der Waals surface area contributed by atoms with E-state index in [0.717, 1.165) is 0 Å². The highest BCUT2D eigenvalue weighted by Gasteiger charge is 2.41. The maximum Gasteiger partial charge on any atom is 0.0413 e. The van der Waals surface area contributed by atoms with Crippen LogP contribution < -0.4 is 0 Å². The van der Waals surface area contributed by atoms with Crippen molar-refractivity contribution < 1.29 is 0 Å². The zero-order chi connectivity index (χ0) is 36.3. The number of hydrogen-bond acceptors (Lipinski definition) is 0. The first-order valence-corrected chi connectivity index (χ1v) is 17.7. The quantitative estimate of drug-likeness (QED) is 0.262.